The molecule has 1 heterocycles. The Hall–Kier alpha value is -1.07. The Labute approximate surface area is 127 Å². The van der Waals surface area contributed by atoms with Crippen molar-refractivity contribution < 1.29 is 14.0 Å². The van der Waals surface area contributed by atoms with E-state index in [0.717, 1.165) is 5.39 Å². The lowest BCUT2D eigenvalue weighted by atomic mass is 10.0. The molecule has 0 amide bonds. The van der Waals surface area contributed by atoms with Crippen LogP contribution in [0.2, 0.25) is 0 Å². The molecular formula is C15H17BrO3S. The molecule has 0 aliphatic carbocycles. The van der Waals surface area contributed by atoms with Gasteiger partial charge in [-0.25, -0.2) is 0 Å². The van der Waals surface area contributed by atoms with Crippen molar-refractivity contribution in [3.63, 3.8) is 0 Å². The number of benzene rings is 1. The number of Topliss-reactive ketones (excluding diaryl/α,β-unsaturated/α-hetero) is 2. The molecule has 0 radical (unpaired) electrons. The highest BCUT2D eigenvalue weighted by Crippen LogP contribution is 2.48. The number of hydrogen-bond donors (Lipinski definition) is 0. The third kappa shape index (κ3) is 3.52. The summed E-state index contributed by atoms with van der Waals surface area (Å²) in [5.41, 5.74) is 1.20. The van der Waals surface area contributed by atoms with Gasteiger partial charge in [0.15, 0.2) is 5.78 Å². The zero-order valence-corrected chi connectivity index (χ0v) is 14.1. The summed E-state index contributed by atoms with van der Waals surface area (Å²) in [6.07, 6.45) is 4.22. The molecule has 0 saturated heterocycles. The highest BCUT2D eigenvalue weighted by molar-refractivity contribution is 9.58. The first-order chi connectivity index (χ1) is 9.28. The minimum Gasteiger partial charge on any atom is -0.460 e. The Bertz CT molecular complexity index is 667. The molecule has 0 unspecified atom stereocenters. The molecule has 0 N–H and O–H groups in total. The van der Waals surface area contributed by atoms with Crippen molar-refractivity contribution in [1.29, 1.82) is 0 Å². The lowest BCUT2D eigenvalue weighted by Crippen LogP contribution is -2.12. The van der Waals surface area contributed by atoms with E-state index in [1.165, 1.54) is 6.92 Å². The second-order valence-corrected chi connectivity index (χ2v) is 13.6. The van der Waals surface area contributed by atoms with E-state index in [-0.39, 0.29) is 18.0 Å². The van der Waals surface area contributed by atoms with E-state index in [1.807, 2.05) is 36.8 Å². The van der Waals surface area contributed by atoms with Crippen LogP contribution in [0.15, 0.2) is 28.7 Å². The van der Waals surface area contributed by atoms with E-state index in [0.29, 0.717) is 22.7 Å². The normalized spacial score (nSPS) is 12.6. The molecule has 0 aliphatic heterocycles. The average Bonchev–Trinajstić information content (AvgIpc) is 2.63. The van der Waals surface area contributed by atoms with Gasteiger partial charge in [0, 0.05) is 11.1 Å². The van der Waals surface area contributed by atoms with Gasteiger partial charge in [-0.3, -0.25) is 9.59 Å². The monoisotopic (exact) mass is 356 g/mol. The third-order valence-electron chi connectivity index (χ3n) is 2.88. The molecule has 0 aliphatic rings. The van der Waals surface area contributed by atoms with Crippen molar-refractivity contribution in [3.8, 4) is 0 Å². The summed E-state index contributed by atoms with van der Waals surface area (Å²) >= 11 is 3.54. The molecule has 2 rings (SSSR count). The first-order valence-corrected chi connectivity index (χ1v) is 10.7. The van der Waals surface area contributed by atoms with Crippen LogP contribution in [0.4, 0.5) is 0 Å². The summed E-state index contributed by atoms with van der Waals surface area (Å²) in [5, 5.41) is 0.785. The Morgan fingerprint density at radius 3 is 2.50 bits per heavy atom. The topological polar surface area (TPSA) is 47.3 Å². The number of halogens is 1. The van der Waals surface area contributed by atoms with Gasteiger partial charge < -0.3 is 4.42 Å². The molecule has 5 heteroatoms. The fourth-order valence-corrected chi connectivity index (χ4v) is 3.85. The van der Waals surface area contributed by atoms with Gasteiger partial charge in [-0.15, -0.1) is 0 Å². The number of carbonyl (C=O) groups excluding carboxylic acids is 2. The fourth-order valence-electron chi connectivity index (χ4n) is 2.22. The summed E-state index contributed by atoms with van der Waals surface area (Å²) in [7, 11) is -1.07. The van der Waals surface area contributed by atoms with Crippen LogP contribution < -0.4 is 0 Å². The van der Waals surface area contributed by atoms with Crippen molar-refractivity contribution >= 4 is 45.8 Å². The van der Waals surface area contributed by atoms with Gasteiger partial charge in [0.2, 0.25) is 0 Å². The molecule has 0 bridgehead atoms. The largest absolute Gasteiger partial charge is 0.460 e. The predicted molar refractivity (Wildman–Crippen MR) is 88.2 cm³/mol. The Morgan fingerprint density at radius 1 is 1.25 bits per heavy atom. The fraction of sp³-hybridized carbons (Fsp3) is 0.333. The molecule has 2 aromatic rings. The van der Waals surface area contributed by atoms with Crippen LogP contribution in [0.3, 0.4) is 0 Å². The molecule has 108 valence electrons. The molecule has 1 aromatic carbocycles. The summed E-state index contributed by atoms with van der Waals surface area (Å²) in [4.78, 5) is 23.9. The van der Waals surface area contributed by atoms with Crippen LogP contribution >= 0.6 is 23.3 Å². The number of ketones is 2. The molecule has 0 spiro atoms. The van der Waals surface area contributed by atoms with Crippen LogP contribution in [-0.2, 0) is 11.2 Å². The van der Waals surface area contributed by atoms with Gasteiger partial charge in [0.1, 0.15) is 17.1 Å². The van der Waals surface area contributed by atoms with Gasteiger partial charge in [-0.1, -0.05) is 18.2 Å². The van der Waals surface area contributed by atoms with Gasteiger partial charge in [-0.2, -0.15) is 8.46 Å². The number of hydrogen-bond acceptors (Lipinski definition) is 3. The number of carbonyl (C=O) groups is 2. The molecule has 0 fully saturated rings. The van der Waals surface area contributed by atoms with Crippen LogP contribution in [0, 0.1) is 0 Å². The van der Waals surface area contributed by atoms with Gasteiger partial charge in [0.05, 0.1) is 12.0 Å². The second kappa shape index (κ2) is 5.74. The van der Waals surface area contributed by atoms with Gasteiger partial charge >= 0.3 is 0 Å². The average molecular weight is 357 g/mol. The summed E-state index contributed by atoms with van der Waals surface area (Å²) < 4.78 is 5.70. The zero-order valence-electron chi connectivity index (χ0n) is 11.7. The molecule has 0 saturated carbocycles. The minimum atomic E-state index is -1.07. The summed E-state index contributed by atoms with van der Waals surface area (Å²) in [6, 6.07) is 7.38. The lowest BCUT2D eigenvalue weighted by molar-refractivity contribution is -0.116. The molecule has 20 heavy (non-hydrogen) atoms. The molecule has 3 nitrogen and oxygen atoms in total. The highest BCUT2D eigenvalue weighted by Gasteiger charge is 2.21. The summed E-state index contributed by atoms with van der Waals surface area (Å²) in [6.45, 7) is 1.50. The minimum absolute atomic E-state index is 0.0665. The maximum Gasteiger partial charge on any atom is 0.163 e. The lowest BCUT2D eigenvalue weighted by Gasteiger charge is -2.20. The predicted octanol–water partition coefficient (Wildman–Crippen LogP) is 4.12. The number of para-hydroxylation sites is 1. The Morgan fingerprint density at radius 2 is 1.90 bits per heavy atom. The zero-order chi connectivity index (χ0) is 14.9. The third-order valence-corrected chi connectivity index (χ3v) is 4.58. The first kappa shape index (κ1) is 15.3. The molecule has 1 aromatic heterocycles. The number of rotatable bonds is 5. The Kier molecular flexibility index (Phi) is 4.39. The van der Waals surface area contributed by atoms with Crippen LogP contribution in [0.25, 0.3) is 11.0 Å². The first-order valence-electron chi connectivity index (χ1n) is 6.21. The van der Waals surface area contributed by atoms with Crippen molar-refractivity contribution in [2.75, 3.05) is 18.3 Å². The maximum absolute atomic E-state index is 12.1. The van der Waals surface area contributed by atoms with Crippen LogP contribution in [-0.4, -0.2) is 29.8 Å². The molecule has 0 atom stereocenters. The van der Waals surface area contributed by atoms with Gasteiger partial charge in [-0.05, 0) is 40.3 Å². The standard InChI is InChI=1S/C15H17BrO3S/c1-10(17)15-12-6-4-5-7-13(12)19-14(15)8-11(18)9-20(2,3)16/h4-7H,8-9H2,1-3H3. The van der Waals surface area contributed by atoms with E-state index in [1.54, 1.807) is 0 Å². The van der Waals surface area contributed by atoms with Crippen molar-refractivity contribution in [1.82, 2.24) is 0 Å². The van der Waals surface area contributed by atoms with Crippen LogP contribution in [0.5, 0.6) is 0 Å². The quantitative estimate of drug-likeness (QED) is 0.757. The SMILES string of the molecule is CC(=O)c1c(CC(=O)CS(C)(C)Br)oc2ccccc12. The van der Waals surface area contributed by atoms with Crippen molar-refractivity contribution in [2.24, 2.45) is 0 Å². The van der Waals surface area contributed by atoms with E-state index in [9.17, 15) is 9.59 Å². The second-order valence-electron chi connectivity index (χ2n) is 5.22. The van der Waals surface area contributed by atoms with Gasteiger partial charge in [0.25, 0.3) is 0 Å². The van der Waals surface area contributed by atoms with E-state index in [4.69, 9.17) is 4.42 Å². The number of fused-ring (bicyclic) bond motifs is 1. The van der Waals surface area contributed by atoms with Crippen molar-refractivity contribution in [3.05, 3.63) is 35.6 Å². The number of furan rings is 1. The molecular weight excluding hydrogens is 340 g/mol. The van der Waals surface area contributed by atoms with E-state index in [2.05, 4.69) is 14.8 Å². The highest BCUT2D eigenvalue weighted by atomic mass is 79.9. The Balaban J connectivity index is 2.37. The van der Waals surface area contributed by atoms with E-state index >= 15 is 0 Å². The summed E-state index contributed by atoms with van der Waals surface area (Å²) in [5.74, 6) is 0.980. The maximum atomic E-state index is 12.1. The van der Waals surface area contributed by atoms with Crippen LogP contribution in [0.1, 0.15) is 23.0 Å². The smallest absolute Gasteiger partial charge is 0.163 e. The van der Waals surface area contributed by atoms with Crippen molar-refractivity contribution in [2.45, 2.75) is 13.3 Å². The van der Waals surface area contributed by atoms with E-state index < -0.39 is 8.46 Å².